The van der Waals surface area contributed by atoms with Crippen LogP contribution in [0.2, 0.25) is 0 Å². The van der Waals surface area contributed by atoms with E-state index in [2.05, 4.69) is 5.32 Å². The molecule has 0 unspecified atom stereocenters. The van der Waals surface area contributed by atoms with Crippen LogP contribution in [-0.2, 0) is 14.3 Å². The summed E-state index contributed by atoms with van der Waals surface area (Å²) < 4.78 is 10.3. The predicted octanol–water partition coefficient (Wildman–Crippen LogP) is 1.57. The fourth-order valence-electron chi connectivity index (χ4n) is 1.24. The number of amides is 1. The van der Waals surface area contributed by atoms with E-state index in [0.29, 0.717) is 6.42 Å². The van der Waals surface area contributed by atoms with Crippen LogP contribution in [-0.4, -0.2) is 35.9 Å². The van der Waals surface area contributed by atoms with Crippen LogP contribution >= 0.6 is 0 Å². The van der Waals surface area contributed by atoms with Gasteiger partial charge in [-0.15, -0.1) is 0 Å². The van der Waals surface area contributed by atoms with Gasteiger partial charge in [0.05, 0.1) is 0 Å². The molecule has 0 bridgehead atoms. The molecule has 0 spiro atoms. The standard InChI is InChI=1S/C13H26N2O4/c1-12(2,3)18-10(16)9(7-8-14)15-11(17)19-13(4,5)6/h9H,7-8,14H2,1-6H3,(H,15,17)/t9-/m1/s1. The first-order chi connectivity index (χ1) is 8.44. The van der Waals surface area contributed by atoms with Crippen molar-refractivity contribution >= 4 is 12.1 Å². The number of carbonyl (C=O) groups excluding carboxylic acids is 2. The molecule has 112 valence electrons. The lowest BCUT2D eigenvalue weighted by Crippen LogP contribution is -2.46. The summed E-state index contributed by atoms with van der Waals surface area (Å²) in [6.45, 7) is 10.8. The smallest absolute Gasteiger partial charge is 0.408 e. The maximum absolute atomic E-state index is 11.9. The van der Waals surface area contributed by atoms with Crippen LogP contribution in [0.1, 0.15) is 48.0 Å². The molecule has 0 aromatic rings. The van der Waals surface area contributed by atoms with E-state index in [1.807, 2.05) is 0 Å². The maximum Gasteiger partial charge on any atom is 0.408 e. The fraction of sp³-hybridized carbons (Fsp3) is 0.846. The second-order valence-corrected chi connectivity index (χ2v) is 6.31. The van der Waals surface area contributed by atoms with E-state index in [1.165, 1.54) is 0 Å². The molecular formula is C13H26N2O4. The summed E-state index contributed by atoms with van der Waals surface area (Å²) in [5, 5.41) is 2.48. The number of carbonyl (C=O) groups is 2. The van der Waals surface area contributed by atoms with Crippen LogP contribution in [0.4, 0.5) is 4.79 Å². The minimum atomic E-state index is -0.793. The third-order valence-corrected chi connectivity index (χ3v) is 1.84. The molecule has 0 aliphatic rings. The third kappa shape index (κ3) is 9.30. The summed E-state index contributed by atoms with van der Waals surface area (Å²) in [5.74, 6) is -0.510. The van der Waals surface area contributed by atoms with Crippen molar-refractivity contribution in [2.24, 2.45) is 5.73 Å². The molecule has 0 rings (SSSR count). The topological polar surface area (TPSA) is 90.6 Å². The highest BCUT2D eigenvalue weighted by Gasteiger charge is 2.27. The zero-order chi connectivity index (χ0) is 15.3. The maximum atomic E-state index is 11.9. The van der Waals surface area contributed by atoms with Gasteiger partial charge in [0.15, 0.2) is 0 Å². The molecule has 3 N–H and O–H groups in total. The Morgan fingerprint density at radius 3 is 1.89 bits per heavy atom. The monoisotopic (exact) mass is 274 g/mol. The van der Waals surface area contributed by atoms with Gasteiger partial charge in [-0.1, -0.05) is 0 Å². The second-order valence-electron chi connectivity index (χ2n) is 6.31. The van der Waals surface area contributed by atoms with Crippen LogP contribution in [0, 0.1) is 0 Å². The Labute approximate surface area is 115 Å². The lowest BCUT2D eigenvalue weighted by atomic mass is 10.1. The van der Waals surface area contributed by atoms with E-state index in [9.17, 15) is 9.59 Å². The quantitative estimate of drug-likeness (QED) is 0.759. The summed E-state index contributed by atoms with van der Waals surface area (Å²) >= 11 is 0. The van der Waals surface area contributed by atoms with Crippen molar-refractivity contribution in [3.63, 3.8) is 0 Å². The van der Waals surface area contributed by atoms with Crippen molar-refractivity contribution in [2.75, 3.05) is 6.54 Å². The van der Waals surface area contributed by atoms with E-state index in [1.54, 1.807) is 41.5 Å². The van der Waals surface area contributed by atoms with Crippen LogP contribution in [0.3, 0.4) is 0 Å². The van der Waals surface area contributed by atoms with Gasteiger partial charge in [-0.05, 0) is 54.5 Å². The highest BCUT2D eigenvalue weighted by atomic mass is 16.6. The van der Waals surface area contributed by atoms with E-state index in [0.717, 1.165) is 0 Å². The number of rotatable bonds is 4. The molecule has 0 heterocycles. The van der Waals surface area contributed by atoms with E-state index >= 15 is 0 Å². The third-order valence-electron chi connectivity index (χ3n) is 1.84. The number of hydrogen-bond donors (Lipinski definition) is 2. The largest absolute Gasteiger partial charge is 0.458 e. The highest BCUT2D eigenvalue weighted by molar-refractivity contribution is 5.81. The molecule has 0 aliphatic heterocycles. The molecule has 0 saturated carbocycles. The van der Waals surface area contributed by atoms with Crippen LogP contribution in [0.5, 0.6) is 0 Å². The van der Waals surface area contributed by atoms with Crippen molar-refractivity contribution in [1.29, 1.82) is 0 Å². The molecule has 0 aliphatic carbocycles. The fourth-order valence-corrected chi connectivity index (χ4v) is 1.24. The average Bonchev–Trinajstić information content (AvgIpc) is 2.10. The zero-order valence-electron chi connectivity index (χ0n) is 12.7. The van der Waals surface area contributed by atoms with Gasteiger partial charge >= 0.3 is 12.1 Å². The van der Waals surface area contributed by atoms with Crippen LogP contribution < -0.4 is 11.1 Å². The molecule has 1 atom stereocenters. The van der Waals surface area contributed by atoms with E-state index in [4.69, 9.17) is 15.2 Å². The van der Waals surface area contributed by atoms with Crippen LogP contribution in [0.25, 0.3) is 0 Å². The number of esters is 1. The van der Waals surface area contributed by atoms with Gasteiger partial charge in [0.2, 0.25) is 0 Å². The Balaban J connectivity index is 4.57. The summed E-state index contributed by atoms with van der Waals surface area (Å²) in [5.41, 5.74) is 4.20. The molecule has 0 saturated heterocycles. The summed E-state index contributed by atoms with van der Waals surface area (Å²) in [6.07, 6.45) is -0.356. The van der Waals surface area contributed by atoms with Crippen molar-refractivity contribution in [3.8, 4) is 0 Å². The molecule has 6 nitrogen and oxygen atoms in total. The molecule has 1 amide bonds. The van der Waals surface area contributed by atoms with E-state index in [-0.39, 0.29) is 6.54 Å². The highest BCUT2D eigenvalue weighted by Crippen LogP contribution is 2.11. The Morgan fingerprint density at radius 2 is 1.53 bits per heavy atom. The molecule has 0 aromatic heterocycles. The second kappa shape index (κ2) is 6.75. The van der Waals surface area contributed by atoms with E-state index < -0.39 is 29.3 Å². The first-order valence-electron chi connectivity index (χ1n) is 6.37. The number of ether oxygens (including phenoxy) is 2. The van der Waals surface area contributed by atoms with Crippen molar-refractivity contribution in [2.45, 2.75) is 65.2 Å². The Kier molecular flexibility index (Phi) is 6.29. The van der Waals surface area contributed by atoms with Gasteiger partial charge in [-0.2, -0.15) is 0 Å². The normalized spacial score (nSPS) is 13.6. The number of hydrogen-bond acceptors (Lipinski definition) is 5. The molecule has 6 heteroatoms. The molecule has 0 radical (unpaired) electrons. The minimum absolute atomic E-state index is 0.264. The minimum Gasteiger partial charge on any atom is -0.458 e. The molecule has 19 heavy (non-hydrogen) atoms. The average molecular weight is 274 g/mol. The first-order valence-corrected chi connectivity index (χ1v) is 6.37. The predicted molar refractivity (Wildman–Crippen MR) is 72.7 cm³/mol. The van der Waals surface area contributed by atoms with Gasteiger partial charge in [-0.3, -0.25) is 0 Å². The lowest BCUT2D eigenvalue weighted by Gasteiger charge is -2.26. The van der Waals surface area contributed by atoms with Crippen molar-refractivity contribution < 1.29 is 19.1 Å². The zero-order valence-corrected chi connectivity index (χ0v) is 12.7. The van der Waals surface area contributed by atoms with Crippen molar-refractivity contribution in [3.05, 3.63) is 0 Å². The Hall–Kier alpha value is -1.30. The Bertz CT molecular complexity index is 316. The van der Waals surface area contributed by atoms with Gasteiger partial charge < -0.3 is 20.5 Å². The van der Waals surface area contributed by atoms with Crippen molar-refractivity contribution in [1.82, 2.24) is 5.32 Å². The first kappa shape index (κ1) is 17.7. The summed E-state index contributed by atoms with van der Waals surface area (Å²) in [6, 6.07) is -0.793. The number of nitrogens with one attached hydrogen (secondary N) is 1. The number of nitrogens with two attached hydrogens (primary N) is 1. The van der Waals surface area contributed by atoms with Gasteiger partial charge in [-0.25, -0.2) is 9.59 Å². The Morgan fingerprint density at radius 1 is 1.05 bits per heavy atom. The molecule has 0 aromatic carbocycles. The SMILES string of the molecule is CC(C)(C)OC(=O)N[C@H](CCN)C(=O)OC(C)(C)C. The molecule has 0 fully saturated rings. The summed E-state index contributed by atoms with van der Waals surface area (Å²) in [7, 11) is 0. The molecular weight excluding hydrogens is 248 g/mol. The van der Waals surface area contributed by atoms with Gasteiger partial charge in [0.25, 0.3) is 0 Å². The van der Waals surface area contributed by atoms with Crippen LogP contribution in [0.15, 0.2) is 0 Å². The summed E-state index contributed by atoms with van der Waals surface area (Å²) in [4.78, 5) is 23.5. The van der Waals surface area contributed by atoms with Gasteiger partial charge in [0.1, 0.15) is 17.2 Å². The number of alkyl carbamates (subject to hydrolysis) is 1. The lowest BCUT2D eigenvalue weighted by molar-refractivity contribution is -0.157. The van der Waals surface area contributed by atoms with Gasteiger partial charge in [0, 0.05) is 0 Å².